The summed E-state index contributed by atoms with van der Waals surface area (Å²) in [6.07, 6.45) is 0. The number of β-lactam (4-membered cyclic amide) rings is 1. The minimum absolute atomic E-state index is 0.0123. The van der Waals surface area contributed by atoms with Crippen molar-refractivity contribution in [3.05, 3.63) is 44.5 Å². The van der Waals surface area contributed by atoms with E-state index in [0.29, 0.717) is 10.7 Å². The van der Waals surface area contributed by atoms with E-state index < -0.39 is 47.5 Å². The number of amides is 3. The van der Waals surface area contributed by atoms with Crippen molar-refractivity contribution in [2.24, 2.45) is 12.2 Å². The van der Waals surface area contributed by atoms with Gasteiger partial charge in [-0.15, -0.1) is 28.2 Å². The van der Waals surface area contributed by atoms with Crippen LogP contribution in [0.15, 0.2) is 39.1 Å². The standard InChI is InChI=1S/C23H20Cl2N10O7S3/c1-34-23(30-32-33-34)45-6-8-5-43-20-15(19(39)35(20)16(8)21(40)41)29-18(38)14(12-7-44-22(26)28-12)31-42-4-13(36)27-11-3-9(24)2-10(25)17(11)37/h2-3,7,15,20,37H,4-6H2,1H3,(H2,26,28)(H,27,36)(H,29,38)(H,40,41)/t15?,20-/m0/s1. The van der Waals surface area contributed by atoms with E-state index in [1.165, 1.54) is 45.7 Å². The third kappa shape index (κ3) is 6.93. The fourth-order valence-corrected chi connectivity index (χ4v) is 7.48. The zero-order valence-electron chi connectivity index (χ0n) is 22.6. The molecule has 1 unspecified atom stereocenters. The van der Waals surface area contributed by atoms with Crippen LogP contribution in [-0.4, -0.2) is 99.2 Å². The van der Waals surface area contributed by atoms with E-state index in [-0.39, 0.29) is 49.5 Å². The van der Waals surface area contributed by atoms with Gasteiger partial charge in [0, 0.05) is 29.0 Å². The summed E-state index contributed by atoms with van der Waals surface area (Å²) in [6, 6.07) is 1.47. The Kier molecular flexibility index (Phi) is 9.68. The molecule has 45 heavy (non-hydrogen) atoms. The summed E-state index contributed by atoms with van der Waals surface area (Å²) in [5.41, 5.74) is 5.60. The average molecular weight is 716 g/mol. The molecule has 0 radical (unpaired) electrons. The highest BCUT2D eigenvalue weighted by Crippen LogP contribution is 2.41. The molecule has 22 heteroatoms. The van der Waals surface area contributed by atoms with Gasteiger partial charge >= 0.3 is 5.97 Å². The molecule has 5 rings (SSSR count). The number of rotatable bonds is 11. The number of aliphatic carboxylic acids is 1. The number of aryl methyl sites for hydroxylation is 1. The number of tetrazole rings is 1. The zero-order chi connectivity index (χ0) is 32.4. The Labute approximate surface area is 275 Å². The van der Waals surface area contributed by atoms with E-state index >= 15 is 0 Å². The molecule has 1 fully saturated rings. The number of aromatic nitrogens is 5. The maximum Gasteiger partial charge on any atom is 0.352 e. The van der Waals surface area contributed by atoms with Crippen molar-refractivity contribution < 1.29 is 34.2 Å². The van der Waals surface area contributed by atoms with Crippen molar-refractivity contribution in [2.75, 3.05) is 29.2 Å². The molecule has 0 saturated carbocycles. The number of thioether (sulfide) groups is 2. The van der Waals surface area contributed by atoms with Crippen LogP contribution in [0.5, 0.6) is 5.75 Å². The van der Waals surface area contributed by atoms with Crippen molar-refractivity contribution in [3.63, 3.8) is 0 Å². The second-order valence-corrected chi connectivity index (χ2v) is 12.9. The Bertz CT molecular complexity index is 1760. The Morgan fingerprint density at radius 3 is 2.76 bits per heavy atom. The summed E-state index contributed by atoms with van der Waals surface area (Å²) in [5.74, 6) is -3.49. The largest absolute Gasteiger partial charge is 0.504 e. The van der Waals surface area contributed by atoms with Crippen LogP contribution in [0, 0.1) is 0 Å². The van der Waals surface area contributed by atoms with Gasteiger partial charge in [0.1, 0.15) is 22.8 Å². The van der Waals surface area contributed by atoms with Gasteiger partial charge in [0.2, 0.25) is 5.16 Å². The monoisotopic (exact) mass is 714 g/mol. The molecule has 4 heterocycles. The molecule has 2 aliphatic rings. The average Bonchev–Trinajstić information content (AvgIpc) is 3.61. The molecule has 6 N–H and O–H groups in total. The molecule has 2 aliphatic heterocycles. The van der Waals surface area contributed by atoms with Crippen molar-refractivity contribution in [2.45, 2.75) is 16.6 Å². The molecule has 2 aromatic heterocycles. The Hall–Kier alpha value is -4.11. The van der Waals surface area contributed by atoms with E-state index in [9.17, 15) is 29.4 Å². The van der Waals surface area contributed by atoms with Gasteiger partial charge in [-0.3, -0.25) is 19.3 Å². The number of phenolic OH excluding ortho intramolecular Hbond substituents is 1. The number of phenols is 1. The van der Waals surface area contributed by atoms with E-state index in [1.54, 1.807) is 7.05 Å². The summed E-state index contributed by atoms with van der Waals surface area (Å²) in [4.78, 5) is 61.3. The highest BCUT2D eigenvalue weighted by Gasteiger charge is 2.54. The lowest BCUT2D eigenvalue weighted by Crippen LogP contribution is -2.71. The Morgan fingerprint density at radius 2 is 2.09 bits per heavy atom. The molecule has 2 atom stereocenters. The first kappa shape index (κ1) is 32.3. The van der Waals surface area contributed by atoms with Gasteiger partial charge in [0.25, 0.3) is 17.7 Å². The van der Waals surface area contributed by atoms with Crippen molar-refractivity contribution >= 4 is 98.3 Å². The third-order valence-corrected chi connectivity index (χ3v) is 9.74. The molecule has 3 aromatic rings. The van der Waals surface area contributed by atoms with Crippen LogP contribution >= 0.6 is 58.1 Å². The number of carbonyl (C=O) groups is 4. The molecular weight excluding hydrogens is 695 g/mol. The molecule has 0 spiro atoms. The summed E-state index contributed by atoms with van der Waals surface area (Å²) in [6.45, 7) is -0.702. The van der Waals surface area contributed by atoms with Crippen LogP contribution in [0.4, 0.5) is 10.8 Å². The molecule has 1 saturated heterocycles. The number of nitrogen functional groups attached to an aromatic ring is 1. The second kappa shape index (κ2) is 13.5. The number of aromatic hydroxyl groups is 1. The number of nitrogens with one attached hydrogen (secondary N) is 2. The normalized spacial score (nSPS) is 17.9. The first-order valence-electron chi connectivity index (χ1n) is 12.4. The van der Waals surface area contributed by atoms with Crippen molar-refractivity contribution in [3.8, 4) is 5.75 Å². The minimum Gasteiger partial charge on any atom is -0.504 e. The van der Waals surface area contributed by atoms with Crippen LogP contribution in [0.3, 0.4) is 0 Å². The van der Waals surface area contributed by atoms with E-state index in [4.69, 9.17) is 33.8 Å². The van der Waals surface area contributed by atoms with Gasteiger partial charge in [0.15, 0.2) is 23.2 Å². The highest BCUT2D eigenvalue weighted by atomic mass is 35.5. The van der Waals surface area contributed by atoms with E-state index in [1.807, 2.05) is 0 Å². The lowest BCUT2D eigenvalue weighted by Gasteiger charge is -2.49. The Balaban J connectivity index is 1.27. The second-order valence-electron chi connectivity index (χ2n) is 9.11. The fourth-order valence-electron chi connectivity index (χ4n) is 4.10. The summed E-state index contributed by atoms with van der Waals surface area (Å²) < 4.78 is 1.44. The van der Waals surface area contributed by atoms with Crippen LogP contribution in [0.25, 0.3) is 0 Å². The predicted molar refractivity (Wildman–Crippen MR) is 165 cm³/mol. The SMILES string of the molecule is Cn1nnnc1SCC1=C(C(=O)O)N2C(=O)C(NC(=O)C(=NOCC(=O)Nc3cc(Cl)cc(Cl)c3O)c3csc(N)n3)[C@@H]2SC1. The number of carbonyl (C=O) groups excluding carboxylic acids is 3. The molecule has 0 bridgehead atoms. The number of nitrogens with two attached hydrogens (primary N) is 1. The lowest BCUT2D eigenvalue weighted by molar-refractivity contribution is -0.150. The number of hydrogen-bond donors (Lipinski definition) is 5. The number of nitrogens with zero attached hydrogens (tertiary/aromatic N) is 7. The number of carboxylic acid groups (broad SMARTS) is 1. The lowest BCUT2D eigenvalue weighted by atomic mass is 10.0. The maximum absolute atomic E-state index is 13.3. The number of halogens is 2. The molecule has 236 valence electrons. The smallest absolute Gasteiger partial charge is 0.352 e. The van der Waals surface area contributed by atoms with Crippen molar-refractivity contribution in [1.82, 2.24) is 35.4 Å². The van der Waals surface area contributed by atoms with Gasteiger partial charge in [-0.1, -0.05) is 40.1 Å². The number of benzene rings is 1. The van der Waals surface area contributed by atoms with Gasteiger partial charge in [-0.2, -0.15) is 0 Å². The zero-order valence-corrected chi connectivity index (χ0v) is 26.6. The topological polar surface area (TPSA) is 240 Å². The minimum atomic E-state index is -1.29. The van der Waals surface area contributed by atoms with Gasteiger partial charge in [0.05, 0.1) is 10.7 Å². The first-order chi connectivity index (χ1) is 21.4. The highest BCUT2D eigenvalue weighted by molar-refractivity contribution is 8.01. The third-order valence-electron chi connectivity index (χ3n) is 6.13. The number of oxime groups is 1. The number of hydrogen-bond acceptors (Lipinski definition) is 15. The number of thiazole rings is 1. The number of carboxylic acids is 1. The maximum atomic E-state index is 13.3. The van der Waals surface area contributed by atoms with E-state index in [2.05, 4.69) is 36.3 Å². The quantitative estimate of drug-likeness (QED) is 0.0616. The Morgan fingerprint density at radius 1 is 1.31 bits per heavy atom. The number of anilines is 2. The first-order valence-corrected chi connectivity index (χ1v) is 16.1. The van der Waals surface area contributed by atoms with Gasteiger partial charge < -0.3 is 31.4 Å². The summed E-state index contributed by atoms with van der Waals surface area (Å²) in [7, 11) is 1.65. The molecule has 1 aromatic carbocycles. The van der Waals surface area contributed by atoms with Crippen molar-refractivity contribution in [1.29, 1.82) is 0 Å². The van der Waals surface area contributed by atoms with Crippen LogP contribution in [0.1, 0.15) is 5.69 Å². The molecular formula is C23H20Cl2N10O7S3. The van der Waals surface area contributed by atoms with Gasteiger partial charge in [-0.25, -0.2) is 14.5 Å². The molecule has 17 nitrogen and oxygen atoms in total. The fraction of sp³-hybridized carbons (Fsp3) is 0.261. The van der Waals surface area contributed by atoms with Crippen LogP contribution in [0.2, 0.25) is 10.0 Å². The summed E-state index contributed by atoms with van der Waals surface area (Å²) >= 11 is 15.3. The van der Waals surface area contributed by atoms with Crippen LogP contribution in [-0.2, 0) is 31.1 Å². The molecule has 0 aliphatic carbocycles. The van der Waals surface area contributed by atoms with Crippen LogP contribution < -0.4 is 16.4 Å². The number of fused-ring (bicyclic) bond motifs is 1. The molecule has 3 amide bonds. The predicted octanol–water partition coefficient (Wildman–Crippen LogP) is 1.15. The van der Waals surface area contributed by atoms with E-state index in [0.717, 1.165) is 16.2 Å². The van der Waals surface area contributed by atoms with Gasteiger partial charge in [-0.05, 0) is 28.1 Å². The summed E-state index contributed by atoms with van der Waals surface area (Å²) in [5, 5.41) is 41.2.